The minimum atomic E-state index is -1.84. The summed E-state index contributed by atoms with van der Waals surface area (Å²) in [7, 11) is 0. The van der Waals surface area contributed by atoms with Crippen LogP contribution in [0.2, 0.25) is 0 Å². The molecule has 0 bridgehead atoms. The van der Waals surface area contributed by atoms with Crippen molar-refractivity contribution in [1.82, 2.24) is 0 Å². The first-order chi connectivity index (χ1) is 26.0. The van der Waals surface area contributed by atoms with Gasteiger partial charge in [0.25, 0.3) is 0 Å². The standard InChI is InChI=1S/C24H36N18O12/c1-2-8-20(53-23-12(36-42-30)17(47)15(45)10(51-23)5-32-38-26)18(48)24(49-8)54-21-13(43)6(33-39-27)3-7(34-40-28)19(21)52-22-11(35-41-29)16(46)14(44)9(50-22)4-31-37-25/h6-24,43-48H,2-5H2,1H3/t6-,7?,8-,9?,10+,11?,12-,13?,14+,15?,16-,17?,18?,19+,20+,21-,22+,23?,24+/m1/s1. The van der Waals surface area contributed by atoms with E-state index >= 15 is 0 Å². The van der Waals surface area contributed by atoms with Gasteiger partial charge < -0.3 is 59.1 Å². The molecule has 6 N–H and O–H groups in total. The summed E-state index contributed by atoms with van der Waals surface area (Å²) in [6.45, 7) is 0.654. The van der Waals surface area contributed by atoms with Gasteiger partial charge in [-0.3, -0.25) is 0 Å². The van der Waals surface area contributed by atoms with E-state index in [4.69, 9.17) is 45.0 Å². The molecule has 30 heteroatoms. The lowest BCUT2D eigenvalue weighted by molar-refractivity contribution is -0.306. The topological polar surface area (TPSA) is 469 Å². The highest BCUT2D eigenvalue weighted by Crippen LogP contribution is 2.38. The highest BCUT2D eigenvalue weighted by molar-refractivity contribution is 5.04. The van der Waals surface area contributed by atoms with E-state index in [-0.39, 0.29) is 12.8 Å². The van der Waals surface area contributed by atoms with E-state index in [2.05, 4.69) is 60.2 Å². The maximum absolute atomic E-state index is 11.5. The number of aliphatic hydroxyl groups excluding tert-OH is 6. The lowest BCUT2D eigenvalue weighted by atomic mass is 9.84. The fourth-order valence-corrected chi connectivity index (χ4v) is 6.58. The van der Waals surface area contributed by atoms with Gasteiger partial charge in [-0.1, -0.05) is 37.6 Å². The zero-order valence-corrected chi connectivity index (χ0v) is 28.0. The zero-order chi connectivity index (χ0) is 39.5. The highest BCUT2D eigenvalue weighted by atomic mass is 16.8. The third-order valence-corrected chi connectivity index (χ3v) is 9.24. The van der Waals surface area contributed by atoms with Crippen LogP contribution < -0.4 is 0 Å². The van der Waals surface area contributed by atoms with E-state index in [0.717, 1.165) is 0 Å². The van der Waals surface area contributed by atoms with Crippen molar-refractivity contribution in [3.05, 3.63) is 62.7 Å². The molecule has 294 valence electrons. The largest absolute Gasteiger partial charge is 0.390 e. The quantitative estimate of drug-likeness (QED) is 0.0759. The molecule has 3 saturated heterocycles. The van der Waals surface area contributed by atoms with E-state index in [1.165, 1.54) is 0 Å². The summed E-state index contributed by atoms with van der Waals surface area (Å²) in [5.74, 6) is 0. The molecule has 1 aliphatic carbocycles. The number of azide groups is 6. The molecule has 0 radical (unpaired) electrons. The molecule has 4 aliphatic rings. The Morgan fingerprint density at radius 3 is 1.41 bits per heavy atom. The molecular weight excluding hydrogens is 732 g/mol. The monoisotopic (exact) mass is 768 g/mol. The third-order valence-electron chi connectivity index (χ3n) is 9.24. The first-order valence-corrected chi connectivity index (χ1v) is 16.2. The van der Waals surface area contributed by atoms with E-state index in [1.54, 1.807) is 6.92 Å². The van der Waals surface area contributed by atoms with Crippen LogP contribution in [0.4, 0.5) is 0 Å². The van der Waals surface area contributed by atoms with Crippen molar-refractivity contribution in [3.63, 3.8) is 0 Å². The van der Waals surface area contributed by atoms with Gasteiger partial charge in [-0.25, -0.2) is 0 Å². The molecule has 8 unspecified atom stereocenters. The molecule has 30 nitrogen and oxygen atoms in total. The second-order valence-corrected chi connectivity index (χ2v) is 12.3. The Morgan fingerprint density at radius 2 is 0.944 bits per heavy atom. The van der Waals surface area contributed by atoms with Crippen LogP contribution in [0.15, 0.2) is 30.7 Å². The Balaban J connectivity index is 1.67. The third kappa shape index (κ3) is 9.18. The Bertz CT molecular complexity index is 1590. The van der Waals surface area contributed by atoms with E-state index in [0.29, 0.717) is 0 Å². The van der Waals surface area contributed by atoms with Crippen LogP contribution >= 0.6 is 0 Å². The van der Waals surface area contributed by atoms with Crippen molar-refractivity contribution >= 4 is 0 Å². The second-order valence-electron chi connectivity index (χ2n) is 12.3. The minimum absolute atomic E-state index is 0.125. The molecule has 1 saturated carbocycles. The number of ether oxygens (including phenoxy) is 6. The molecule has 0 aromatic rings. The summed E-state index contributed by atoms with van der Waals surface area (Å²) in [6.07, 6.45) is -24.4. The molecule has 4 rings (SSSR count). The maximum Gasteiger partial charge on any atom is 0.187 e. The van der Waals surface area contributed by atoms with Gasteiger partial charge in [0.2, 0.25) is 0 Å². The smallest absolute Gasteiger partial charge is 0.187 e. The zero-order valence-electron chi connectivity index (χ0n) is 28.0. The molecule has 54 heavy (non-hydrogen) atoms. The van der Waals surface area contributed by atoms with Crippen LogP contribution in [0.1, 0.15) is 19.8 Å². The molecule has 0 spiro atoms. The number of hydrogen-bond donors (Lipinski definition) is 6. The number of rotatable bonds is 15. The molecule has 0 aromatic heterocycles. The predicted octanol–water partition coefficient (Wildman–Crippen LogP) is 0.632. The van der Waals surface area contributed by atoms with Crippen LogP contribution in [0.25, 0.3) is 62.7 Å². The van der Waals surface area contributed by atoms with Crippen LogP contribution in [-0.4, -0.2) is 160 Å². The van der Waals surface area contributed by atoms with Crippen molar-refractivity contribution < 1.29 is 59.1 Å². The van der Waals surface area contributed by atoms with Crippen LogP contribution in [0, 0.1) is 0 Å². The first-order valence-electron chi connectivity index (χ1n) is 16.2. The molecule has 3 aliphatic heterocycles. The highest BCUT2D eigenvalue weighted by Gasteiger charge is 2.55. The van der Waals surface area contributed by atoms with Gasteiger partial charge in [0.1, 0.15) is 42.6 Å². The van der Waals surface area contributed by atoms with Gasteiger partial charge in [-0.05, 0) is 46.0 Å². The molecule has 19 atom stereocenters. The summed E-state index contributed by atoms with van der Waals surface area (Å²) in [5, 5.41) is 86.2. The fraction of sp³-hybridized carbons (Fsp3) is 1.00. The van der Waals surface area contributed by atoms with Gasteiger partial charge in [0.05, 0.1) is 67.9 Å². The summed E-state index contributed by atoms with van der Waals surface area (Å²) in [5.41, 5.74) is 54.4. The number of aliphatic hydroxyl groups is 6. The molecule has 3 heterocycles. The van der Waals surface area contributed by atoms with Crippen molar-refractivity contribution in [3.8, 4) is 0 Å². The Hall–Kier alpha value is -4.62. The summed E-state index contributed by atoms with van der Waals surface area (Å²) >= 11 is 0. The summed E-state index contributed by atoms with van der Waals surface area (Å²) in [6, 6.07) is -5.91. The van der Waals surface area contributed by atoms with E-state index in [1.807, 2.05) is 0 Å². The Morgan fingerprint density at radius 1 is 0.500 bits per heavy atom. The second kappa shape index (κ2) is 19.6. The van der Waals surface area contributed by atoms with Gasteiger partial charge in [0, 0.05) is 29.5 Å². The van der Waals surface area contributed by atoms with E-state index < -0.39 is 129 Å². The summed E-state index contributed by atoms with van der Waals surface area (Å²) in [4.78, 5) is 16.0. The average molecular weight is 769 g/mol. The first kappa shape index (κ1) is 42.1. The van der Waals surface area contributed by atoms with Gasteiger partial charge in [-0.15, -0.1) is 0 Å². The fourth-order valence-electron chi connectivity index (χ4n) is 6.58. The van der Waals surface area contributed by atoms with Crippen LogP contribution in [0.5, 0.6) is 0 Å². The lowest BCUT2D eigenvalue weighted by Crippen LogP contribution is -2.63. The lowest BCUT2D eigenvalue weighted by Gasteiger charge is -2.47. The SMILES string of the molecule is CC[C@H]1O[C@@H](O[C@@H]2C(O)[C@H](N=[N+]=[N-])CC(N=[N+]=[N-])[C@@H]2O[C@@H]2OC(CN=[N+]=[N-])[C@H](O)[C@H](O)C2N=[N+]=[N-])C(O)[C@H]1OC1O[C@@H](CN=[N+]=[N-])C(O)C(O)[C@H]1N=[N+]=[N-]. The average Bonchev–Trinajstić information content (AvgIpc) is 3.45. The summed E-state index contributed by atoms with van der Waals surface area (Å²) < 4.78 is 35.4. The van der Waals surface area contributed by atoms with Crippen molar-refractivity contribution in [1.29, 1.82) is 0 Å². The molecule has 0 aromatic carbocycles. The minimum Gasteiger partial charge on any atom is -0.390 e. The van der Waals surface area contributed by atoms with E-state index in [9.17, 15) is 47.2 Å². The molecule has 0 amide bonds. The molecule has 4 fully saturated rings. The molecular formula is C24H36N18O12. The predicted molar refractivity (Wildman–Crippen MR) is 171 cm³/mol. The normalized spacial score (nSPS) is 43.1. The van der Waals surface area contributed by atoms with Crippen LogP contribution in [0.3, 0.4) is 0 Å². The Kier molecular flexibility index (Phi) is 15.3. The number of hydrogen-bond acceptors (Lipinski definition) is 18. The van der Waals surface area contributed by atoms with Gasteiger partial charge in [0.15, 0.2) is 18.9 Å². The van der Waals surface area contributed by atoms with Gasteiger partial charge >= 0.3 is 0 Å². The van der Waals surface area contributed by atoms with Crippen molar-refractivity contribution in [2.24, 2.45) is 30.7 Å². The number of nitrogens with zero attached hydrogens (tertiary/aromatic N) is 18. The maximum atomic E-state index is 11.5. The van der Waals surface area contributed by atoms with Crippen LogP contribution in [-0.2, 0) is 28.4 Å². The van der Waals surface area contributed by atoms with Gasteiger partial charge in [-0.2, -0.15) is 0 Å². The Labute approximate surface area is 301 Å². The van der Waals surface area contributed by atoms with Crippen molar-refractivity contribution in [2.75, 3.05) is 13.1 Å². The van der Waals surface area contributed by atoms with Crippen molar-refractivity contribution in [2.45, 2.75) is 136 Å².